The molecular formula is C11H20O6S2. The molecule has 0 amide bonds. The normalized spacial score (nSPS) is 24.2. The number of carboxylic acids is 1. The monoisotopic (exact) mass is 312 g/mol. The van der Waals surface area contributed by atoms with Gasteiger partial charge in [-0.05, 0) is 25.2 Å². The summed E-state index contributed by atoms with van der Waals surface area (Å²) in [6, 6.07) is 0. The van der Waals surface area contributed by atoms with Gasteiger partial charge in [0.1, 0.15) is 9.84 Å². The van der Waals surface area contributed by atoms with Crippen LogP contribution in [0, 0.1) is 11.8 Å². The summed E-state index contributed by atoms with van der Waals surface area (Å²) in [6.45, 7) is 1.75. The maximum atomic E-state index is 11.6. The van der Waals surface area contributed by atoms with Crippen molar-refractivity contribution in [1.29, 1.82) is 0 Å². The van der Waals surface area contributed by atoms with Crippen LogP contribution in [-0.4, -0.2) is 50.9 Å². The molecule has 0 aliphatic carbocycles. The van der Waals surface area contributed by atoms with Crippen molar-refractivity contribution < 1.29 is 26.7 Å². The summed E-state index contributed by atoms with van der Waals surface area (Å²) >= 11 is 0. The van der Waals surface area contributed by atoms with Gasteiger partial charge in [0, 0.05) is 5.75 Å². The highest BCUT2D eigenvalue weighted by Gasteiger charge is 2.37. The van der Waals surface area contributed by atoms with Crippen molar-refractivity contribution in [3.8, 4) is 0 Å². The van der Waals surface area contributed by atoms with E-state index in [0.717, 1.165) is 0 Å². The van der Waals surface area contributed by atoms with Crippen molar-refractivity contribution in [1.82, 2.24) is 0 Å². The van der Waals surface area contributed by atoms with Gasteiger partial charge in [-0.15, -0.1) is 0 Å². The zero-order chi connectivity index (χ0) is 14.7. The number of hydrogen-bond acceptors (Lipinski definition) is 5. The van der Waals surface area contributed by atoms with Crippen LogP contribution < -0.4 is 0 Å². The van der Waals surface area contributed by atoms with E-state index in [1.165, 1.54) is 0 Å². The SMILES string of the molecule is CCCS(=O)(=O)CCC(C(=O)O)C1CCS(=O)(=O)C1. The topological polar surface area (TPSA) is 106 Å². The number of sulfone groups is 2. The summed E-state index contributed by atoms with van der Waals surface area (Å²) in [6.07, 6.45) is 0.808. The van der Waals surface area contributed by atoms with Crippen LogP contribution in [0.5, 0.6) is 0 Å². The predicted octanol–water partition coefficient (Wildman–Crippen LogP) is 0.337. The van der Waals surface area contributed by atoms with E-state index in [9.17, 15) is 21.6 Å². The van der Waals surface area contributed by atoms with Gasteiger partial charge in [-0.2, -0.15) is 0 Å². The summed E-state index contributed by atoms with van der Waals surface area (Å²) in [5.41, 5.74) is 0. The fourth-order valence-electron chi connectivity index (χ4n) is 2.42. The van der Waals surface area contributed by atoms with Crippen LogP contribution in [0.3, 0.4) is 0 Å². The first-order valence-electron chi connectivity index (χ1n) is 6.30. The molecule has 1 N–H and O–H groups in total. The average molecular weight is 312 g/mol. The highest BCUT2D eigenvalue weighted by molar-refractivity contribution is 7.91. The van der Waals surface area contributed by atoms with Gasteiger partial charge >= 0.3 is 5.97 Å². The van der Waals surface area contributed by atoms with E-state index in [0.29, 0.717) is 12.8 Å². The Bertz CT molecular complexity index is 519. The maximum absolute atomic E-state index is 11.6. The summed E-state index contributed by atoms with van der Waals surface area (Å²) in [5.74, 6) is -2.73. The first-order chi connectivity index (χ1) is 8.67. The Hall–Kier alpha value is -0.630. The number of aliphatic carboxylic acids is 1. The molecule has 1 fully saturated rings. The van der Waals surface area contributed by atoms with Crippen LogP contribution in [0.2, 0.25) is 0 Å². The van der Waals surface area contributed by atoms with Crippen molar-refractivity contribution in [2.24, 2.45) is 11.8 Å². The van der Waals surface area contributed by atoms with Crippen LogP contribution in [0.25, 0.3) is 0 Å². The second-order valence-corrected chi connectivity index (χ2v) is 9.58. The Labute approximate surface area is 114 Å². The fraction of sp³-hybridized carbons (Fsp3) is 0.909. The van der Waals surface area contributed by atoms with Crippen LogP contribution in [0.15, 0.2) is 0 Å². The molecule has 0 radical (unpaired) electrons. The first-order valence-corrected chi connectivity index (χ1v) is 9.95. The largest absolute Gasteiger partial charge is 0.481 e. The summed E-state index contributed by atoms with van der Waals surface area (Å²) in [5, 5.41) is 9.14. The van der Waals surface area contributed by atoms with Crippen LogP contribution in [0.1, 0.15) is 26.2 Å². The lowest BCUT2D eigenvalue weighted by Gasteiger charge is -2.17. The summed E-state index contributed by atoms with van der Waals surface area (Å²) < 4.78 is 45.9. The minimum Gasteiger partial charge on any atom is -0.481 e. The van der Waals surface area contributed by atoms with Crippen molar-refractivity contribution in [3.05, 3.63) is 0 Å². The first kappa shape index (κ1) is 16.4. The quantitative estimate of drug-likeness (QED) is 0.726. The second kappa shape index (κ2) is 6.21. The van der Waals surface area contributed by atoms with Gasteiger partial charge in [0.05, 0.1) is 23.2 Å². The number of rotatable bonds is 7. The molecule has 1 saturated heterocycles. The predicted molar refractivity (Wildman–Crippen MR) is 71.4 cm³/mol. The smallest absolute Gasteiger partial charge is 0.306 e. The Morgan fingerprint density at radius 3 is 2.42 bits per heavy atom. The molecule has 112 valence electrons. The molecule has 6 nitrogen and oxygen atoms in total. The van der Waals surface area contributed by atoms with Gasteiger partial charge in [0.25, 0.3) is 0 Å². The van der Waals surface area contributed by atoms with E-state index in [4.69, 9.17) is 5.11 Å². The third kappa shape index (κ3) is 5.10. The Kier molecular flexibility index (Phi) is 5.37. The van der Waals surface area contributed by atoms with E-state index in [1.807, 2.05) is 0 Å². The third-order valence-corrected chi connectivity index (χ3v) is 7.09. The van der Waals surface area contributed by atoms with Crippen molar-refractivity contribution in [2.45, 2.75) is 26.2 Å². The average Bonchev–Trinajstić information content (AvgIpc) is 2.58. The number of carbonyl (C=O) groups is 1. The minimum absolute atomic E-state index is 0.00213. The molecule has 1 heterocycles. The highest BCUT2D eigenvalue weighted by Crippen LogP contribution is 2.29. The van der Waals surface area contributed by atoms with Gasteiger partial charge in [-0.1, -0.05) is 6.92 Å². The van der Waals surface area contributed by atoms with Crippen LogP contribution in [-0.2, 0) is 24.5 Å². The molecule has 0 spiro atoms. The molecule has 1 aliphatic heterocycles. The molecule has 0 aromatic rings. The minimum atomic E-state index is -3.23. The molecule has 0 bridgehead atoms. The van der Waals surface area contributed by atoms with Gasteiger partial charge in [0.15, 0.2) is 9.84 Å². The molecule has 2 unspecified atom stereocenters. The zero-order valence-corrected chi connectivity index (χ0v) is 12.5. The lowest BCUT2D eigenvalue weighted by atomic mass is 9.90. The number of hydrogen-bond donors (Lipinski definition) is 1. The third-order valence-electron chi connectivity index (χ3n) is 3.41. The Morgan fingerprint density at radius 2 is 2.00 bits per heavy atom. The van der Waals surface area contributed by atoms with Gasteiger partial charge < -0.3 is 5.11 Å². The molecule has 0 aromatic heterocycles. The van der Waals surface area contributed by atoms with E-state index in [-0.39, 0.29) is 29.4 Å². The molecule has 19 heavy (non-hydrogen) atoms. The molecule has 1 aliphatic rings. The fourth-order valence-corrected chi connectivity index (χ4v) is 5.74. The molecule has 0 aromatic carbocycles. The Morgan fingerprint density at radius 1 is 1.37 bits per heavy atom. The van der Waals surface area contributed by atoms with Crippen molar-refractivity contribution >= 4 is 25.6 Å². The molecule has 0 saturated carbocycles. The van der Waals surface area contributed by atoms with E-state index in [2.05, 4.69) is 0 Å². The maximum Gasteiger partial charge on any atom is 0.306 e. The van der Waals surface area contributed by atoms with Gasteiger partial charge in [0.2, 0.25) is 0 Å². The van der Waals surface area contributed by atoms with Gasteiger partial charge in [-0.3, -0.25) is 4.79 Å². The second-order valence-electron chi connectivity index (χ2n) is 5.05. The van der Waals surface area contributed by atoms with E-state index >= 15 is 0 Å². The highest BCUT2D eigenvalue weighted by atomic mass is 32.2. The molecule has 2 atom stereocenters. The molecule has 8 heteroatoms. The van der Waals surface area contributed by atoms with E-state index in [1.54, 1.807) is 6.92 Å². The number of carboxylic acid groups (broad SMARTS) is 1. The van der Waals surface area contributed by atoms with Crippen molar-refractivity contribution in [3.63, 3.8) is 0 Å². The standard InChI is InChI=1S/C11H20O6S2/c1-2-5-18(14,15)7-4-10(11(12)13)9-3-6-19(16,17)8-9/h9-10H,2-8H2,1H3,(H,12,13). The molecule has 1 rings (SSSR count). The Balaban J connectivity index is 2.68. The van der Waals surface area contributed by atoms with Crippen molar-refractivity contribution in [2.75, 3.05) is 23.0 Å². The van der Waals surface area contributed by atoms with Crippen LogP contribution >= 0.6 is 0 Å². The summed E-state index contributed by atoms with van der Waals surface area (Å²) in [4.78, 5) is 11.2. The lowest BCUT2D eigenvalue weighted by molar-refractivity contribution is -0.143. The van der Waals surface area contributed by atoms with Crippen LogP contribution in [0.4, 0.5) is 0 Å². The molecular weight excluding hydrogens is 292 g/mol. The van der Waals surface area contributed by atoms with Gasteiger partial charge in [-0.25, -0.2) is 16.8 Å². The summed E-state index contributed by atoms with van der Waals surface area (Å²) in [7, 11) is -6.38. The lowest BCUT2D eigenvalue weighted by Crippen LogP contribution is -2.27. The van der Waals surface area contributed by atoms with E-state index < -0.39 is 37.5 Å². The zero-order valence-electron chi connectivity index (χ0n) is 10.9.